The van der Waals surface area contributed by atoms with Gasteiger partial charge in [-0.05, 0) is 74.9 Å². The van der Waals surface area contributed by atoms with Gasteiger partial charge in [-0.2, -0.15) is 0 Å². The number of nitrogens with zero attached hydrogens (tertiary/aromatic N) is 1. The monoisotopic (exact) mass is 530 g/mol. The molecule has 11 N–H and O–H groups in total. The van der Waals surface area contributed by atoms with Gasteiger partial charge in [0.2, 0.25) is 0 Å². The van der Waals surface area contributed by atoms with E-state index < -0.39 is 0 Å². The lowest BCUT2D eigenvalue weighted by molar-refractivity contribution is 0.664. The first-order valence-electron chi connectivity index (χ1n) is 12.9. The molecule has 0 unspecified atom stereocenters. The second kappa shape index (κ2) is 41.1. The third-order valence-electron chi connectivity index (χ3n) is 3.93. The van der Waals surface area contributed by atoms with Crippen molar-refractivity contribution >= 4 is 11.4 Å². The van der Waals surface area contributed by atoms with Crippen LogP contribution in [0, 0.1) is 5.92 Å². The maximum Gasteiger partial charge on any atom is 0.0384 e. The molecule has 0 aliphatic carbocycles. The molecular weight excluding hydrogens is 472 g/mol. The highest BCUT2D eigenvalue weighted by Gasteiger charge is 1.89. The van der Waals surface area contributed by atoms with E-state index in [0.717, 1.165) is 37.6 Å². The number of aromatic nitrogens is 1. The summed E-state index contributed by atoms with van der Waals surface area (Å²) in [4.78, 5) is 3.78. The molecule has 3 rings (SSSR count). The fourth-order valence-electron chi connectivity index (χ4n) is 1.98. The number of pyridine rings is 1. The van der Waals surface area contributed by atoms with Crippen LogP contribution in [0.1, 0.15) is 47.5 Å². The number of hydrogen-bond donors (Lipinski definition) is 5. The molecule has 0 radical (unpaired) electrons. The Hall–Kier alpha value is -3.07. The molecule has 0 fully saturated rings. The van der Waals surface area contributed by atoms with Gasteiger partial charge >= 0.3 is 0 Å². The molecule has 7 heteroatoms. The third kappa shape index (κ3) is 40.1. The van der Waals surface area contributed by atoms with Crippen molar-refractivity contribution in [2.24, 2.45) is 17.4 Å². The number of hydrogen-bond acceptors (Lipinski definition) is 6. The molecular formula is C31H58N6O. The second-order valence-corrected chi connectivity index (χ2v) is 7.61. The highest BCUT2D eigenvalue weighted by atomic mass is 16.0. The van der Waals surface area contributed by atoms with E-state index >= 15 is 0 Å². The van der Waals surface area contributed by atoms with Crippen molar-refractivity contribution in [3.8, 4) is 0 Å². The Kier molecular flexibility index (Phi) is 48.5. The van der Waals surface area contributed by atoms with Crippen molar-refractivity contribution in [1.82, 2.24) is 16.5 Å². The van der Waals surface area contributed by atoms with Crippen molar-refractivity contribution in [2.45, 2.75) is 47.5 Å². The normalized spacial score (nSPS) is 8.11. The van der Waals surface area contributed by atoms with Crippen molar-refractivity contribution in [3.05, 3.63) is 104 Å². The molecule has 2 aromatic carbocycles. The van der Waals surface area contributed by atoms with Crippen LogP contribution in [0.5, 0.6) is 0 Å². The smallest absolute Gasteiger partial charge is 0.0384 e. The van der Waals surface area contributed by atoms with E-state index in [1.165, 1.54) is 12.8 Å². The van der Waals surface area contributed by atoms with Crippen molar-refractivity contribution < 1.29 is 5.48 Å². The first kappa shape index (κ1) is 44.9. The third-order valence-corrected chi connectivity index (χ3v) is 3.93. The largest absolute Gasteiger partial charge is 0.412 e. The predicted octanol–water partition coefficient (Wildman–Crippen LogP) is 6.61. The van der Waals surface area contributed by atoms with Gasteiger partial charge < -0.3 is 33.7 Å². The summed E-state index contributed by atoms with van der Waals surface area (Å²) < 4.78 is 0. The SMILES string of the molecule is C=C.CC(C)CN.CCCCN.CCNCC.N.O.c1ccc(Nc2ccccc2)cc1.c1ccncc1. The zero-order valence-corrected chi connectivity index (χ0v) is 24.7. The van der Waals surface area contributed by atoms with Crippen molar-refractivity contribution in [3.63, 3.8) is 0 Å². The second-order valence-electron chi connectivity index (χ2n) is 7.61. The van der Waals surface area contributed by atoms with Gasteiger partial charge in [0, 0.05) is 23.8 Å². The molecule has 218 valence electrons. The Bertz CT molecular complexity index is 657. The summed E-state index contributed by atoms with van der Waals surface area (Å²) in [5, 5.41) is 6.42. The average Bonchev–Trinajstić information content (AvgIpc) is 2.94. The highest BCUT2D eigenvalue weighted by molar-refractivity contribution is 5.58. The van der Waals surface area contributed by atoms with Crippen LogP contribution in [0.15, 0.2) is 104 Å². The molecule has 0 saturated carbocycles. The predicted molar refractivity (Wildman–Crippen MR) is 172 cm³/mol. The number of para-hydroxylation sites is 2. The molecule has 0 amide bonds. The molecule has 0 aliphatic rings. The summed E-state index contributed by atoms with van der Waals surface area (Å²) in [6.45, 7) is 20.4. The summed E-state index contributed by atoms with van der Waals surface area (Å²) in [6, 6.07) is 26.0. The number of benzene rings is 2. The minimum Gasteiger partial charge on any atom is -0.412 e. The van der Waals surface area contributed by atoms with Crippen LogP contribution >= 0.6 is 0 Å². The van der Waals surface area contributed by atoms with Gasteiger partial charge in [-0.15, -0.1) is 13.2 Å². The molecule has 1 heterocycles. The van der Waals surface area contributed by atoms with Gasteiger partial charge in [0.1, 0.15) is 0 Å². The Balaban J connectivity index is -0.000000125. The number of nitrogens with one attached hydrogen (secondary N) is 2. The van der Waals surface area contributed by atoms with Crippen molar-refractivity contribution in [1.29, 1.82) is 0 Å². The maximum atomic E-state index is 5.17. The van der Waals surface area contributed by atoms with Crippen LogP contribution in [0.3, 0.4) is 0 Å². The Labute approximate surface area is 234 Å². The first-order chi connectivity index (χ1) is 17.5. The fourth-order valence-corrected chi connectivity index (χ4v) is 1.98. The molecule has 1 aromatic heterocycles. The van der Waals surface area contributed by atoms with E-state index in [1.807, 2.05) is 78.9 Å². The lowest BCUT2D eigenvalue weighted by Gasteiger charge is -2.04. The van der Waals surface area contributed by atoms with Crippen LogP contribution in [0.4, 0.5) is 11.4 Å². The van der Waals surface area contributed by atoms with Gasteiger partial charge in [0.05, 0.1) is 0 Å². The summed E-state index contributed by atoms with van der Waals surface area (Å²) in [6.07, 6.45) is 5.89. The lowest BCUT2D eigenvalue weighted by atomic mass is 10.2. The Morgan fingerprint density at radius 3 is 1.26 bits per heavy atom. The fraction of sp³-hybridized carbons (Fsp3) is 0.387. The summed E-state index contributed by atoms with van der Waals surface area (Å²) in [7, 11) is 0. The number of nitrogens with two attached hydrogens (primary N) is 2. The van der Waals surface area contributed by atoms with E-state index in [0.29, 0.717) is 5.92 Å². The van der Waals surface area contributed by atoms with Gasteiger partial charge in [-0.25, -0.2) is 0 Å². The van der Waals surface area contributed by atoms with Crippen molar-refractivity contribution in [2.75, 3.05) is 31.5 Å². The number of rotatable bonds is 7. The molecule has 7 nitrogen and oxygen atoms in total. The highest BCUT2D eigenvalue weighted by Crippen LogP contribution is 2.14. The molecule has 0 atom stereocenters. The first-order valence-corrected chi connectivity index (χ1v) is 12.9. The van der Waals surface area contributed by atoms with Gasteiger partial charge in [-0.3, -0.25) is 4.98 Å². The van der Waals surface area contributed by atoms with E-state index in [-0.39, 0.29) is 11.6 Å². The Morgan fingerprint density at radius 1 is 0.737 bits per heavy atom. The topological polar surface area (TPSA) is 155 Å². The maximum absolute atomic E-state index is 5.17. The quantitative estimate of drug-likeness (QED) is 0.216. The van der Waals surface area contributed by atoms with Crippen LogP contribution in [0.25, 0.3) is 0 Å². The van der Waals surface area contributed by atoms with E-state index in [2.05, 4.69) is 63.4 Å². The number of unbranched alkanes of at least 4 members (excludes halogenated alkanes) is 1. The summed E-state index contributed by atoms with van der Waals surface area (Å²) in [5.41, 5.74) is 12.5. The zero-order valence-electron chi connectivity index (χ0n) is 24.7. The van der Waals surface area contributed by atoms with Crippen LogP contribution in [-0.4, -0.2) is 36.6 Å². The lowest BCUT2D eigenvalue weighted by Crippen LogP contribution is -2.09. The van der Waals surface area contributed by atoms with Gasteiger partial charge in [-0.1, -0.05) is 83.5 Å². The molecule has 3 aromatic rings. The average molecular weight is 531 g/mol. The van der Waals surface area contributed by atoms with Crippen LogP contribution in [0.2, 0.25) is 0 Å². The van der Waals surface area contributed by atoms with E-state index in [1.54, 1.807) is 12.4 Å². The molecule has 38 heavy (non-hydrogen) atoms. The van der Waals surface area contributed by atoms with Gasteiger partial charge in [0.15, 0.2) is 0 Å². The zero-order chi connectivity index (χ0) is 27.7. The number of anilines is 2. The summed E-state index contributed by atoms with van der Waals surface area (Å²) >= 11 is 0. The summed E-state index contributed by atoms with van der Waals surface area (Å²) in [5.74, 6) is 0.662. The van der Waals surface area contributed by atoms with E-state index in [9.17, 15) is 0 Å². The Morgan fingerprint density at radius 2 is 1.11 bits per heavy atom. The molecule has 0 bridgehead atoms. The minimum absolute atomic E-state index is 0. The van der Waals surface area contributed by atoms with Crippen LogP contribution in [-0.2, 0) is 0 Å². The minimum atomic E-state index is 0. The molecule has 0 spiro atoms. The van der Waals surface area contributed by atoms with Gasteiger partial charge in [0.25, 0.3) is 0 Å². The van der Waals surface area contributed by atoms with E-state index in [4.69, 9.17) is 11.5 Å². The molecule has 0 saturated heterocycles. The standard InChI is InChI=1S/C12H11N.C5H5N.3C4H11N.C2H4.H3N.H2O/c1-3-7-11(8-4-1)13-12-9-5-2-6-10-12;1-2-4-6-5-3-1;1-4(2)3-5;1-3-5-4-2;1-2-3-4-5;1-2;;/h1-10,13H;1-5H;4H,3,5H2,1-2H3;5H,3-4H2,1-2H3;2-5H2,1H3;1-2H2;1H3;1H2. The molecule has 0 aliphatic heterocycles. The van der Waals surface area contributed by atoms with Crippen LogP contribution < -0.4 is 28.3 Å².